The zero-order valence-corrected chi connectivity index (χ0v) is 17.8. The number of carbonyl (C=O) groups excluding carboxylic acids is 3. The van der Waals surface area contributed by atoms with Crippen LogP contribution in [0.4, 0.5) is 0 Å². The summed E-state index contributed by atoms with van der Waals surface area (Å²) in [5, 5.41) is 3.29. The van der Waals surface area contributed by atoms with Crippen molar-refractivity contribution in [2.45, 2.75) is 51.0 Å². The van der Waals surface area contributed by atoms with Crippen molar-refractivity contribution in [3.8, 4) is 0 Å². The van der Waals surface area contributed by atoms with Crippen LogP contribution in [0.25, 0.3) is 0 Å². The highest BCUT2D eigenvalue weighted by atomic mass is 35.5. The van der Waals surface area contributed by atoms with Crippen molar-refractivity contribution in [3.63, 3.8) is 0 Å². The van der Waals surface area contributed by atoms with Gasteiger partial charge in [-0.15, -0.1) is 0 Å². The molecule has 0 bridgehead atoms. The molecule has 3 rings (SSSR count). The normalized spacial score (nSPS) is 19.3. The summed E-state index contributed by atoms with van der Waals surface area (Å²) < 4.78 is 0. The van der Waals surface area contributed by atoms with Crippen molar-refractivity contribution in [2.75, 3.05) is 0 Å². The average Bonchev–Trinajstić information content (AvgIpc) is 3.22. The van der Waals surface area contributed by atoms with Gasteiger partial charge in [-0.2, -0.15) is 0 Å². The van der Waals surface area contributed by atoms with Gasteiger partial charge in [0.05, 0.1) is 6.04 Å². The third kappa shape index (κ3) is 5.70. The van der Waals surface area contributed by atoms with Gasteiger partial charge in [-0.05, 0) is 67.9 Å². The number of ketones is 1. The molecule has 0 saturated heterocycles. The first kappa shape index (κ1) is 22.0. The van der Waals surface area contributed by atoms with Gasteiger partial charge < -0.3 is 11.1 Å². The van der Waals surface area contributed by atoms with Crippen LogP contribution >= 0.6 is 11.6 Å². The monoisotopic (exact) mass is 426 g/mol. The molecule has 3 atom stereocenters. The van der Waals surface area contributed by atoms with Gasteiger partial charge in [-0.3, -0.25) is 14.4 Å². The Morgan fingerprint density at radius 1 is 1.13 bits per heavy atom. The highest BCUT2D eigenvalue weighted by molar-refractivity contribution is 6.31. The molecule has 0 heterocycles. The number of hydrogen-bond donors (Lipinski definition) is 2. The third-order valence-corrected chi connectivity index (χ3v) is 6.04. The Hall–Kier alpha value is -2.66. The number of Topliss-reactive ketones (excluding diaryl/α,β-unsaturated/α-hetero) is 1. The van der Waals surface area contributed by atoms with Gasteiger partial charge in [0.25, 0.3) is 0 Å². The number of rotatable bonds is 8. The second-order valence-corrected chi connectivity index (χ2v) is 8.46. The van der Waals surface area contributed by atoms with Crippen LogP contribution < -0.4 is 11.1 Å². The first-order valence-electron chi connectivity index (χ1n) is 10.3. The van der Waals surface area contributed by atoms with E-state index in [4.69, 9.17) is 17.3 Å². The molecule has 1 saturated carbocycles. The van der Waals surface area contributed by atoms with Crippen LogP contribution in [-0.2, 0) is 16.0 Å². The molecule has 3 N–H and O–H groups in total. The molecular weight excluding hydrogens is 400 g/mol. The molecule has 1 aliphatic rings. The van der Waals surface area contributed by atoms with E-state index in [1.54, 1.807) is 19.1 Å². The quantitative estimate of drug-likeness (QED) is 0.667. The minimum Gasteiger partial charge on any atom is -0.366 e. The minimum atomic E-state index is -0.559. The zero-order valence-electron chi connectivity index (χ0n) is 17.1. The van der Waals surface area contributed by atoms with Crippen LogP contribution in [0.5, 0.6) is 0 Å². The fourth-order valence-electron chi connectivity index (χ4n) is 4.08. The van der Waals surface area contributed by atoms with Crippen molar-refractivity contribution >= 4 is 29.2 Å². The Kier molecular flexibility index (Phi) is 7.27. The number of aryl methyl sites for hydroxylation is 1. The minimum absolute atomic E-state index is 0.0481. The SMILES string of the molecule is C[C@H](NC(=O)[C@@H]1CC[C@@H](c2ccccc2)C1)C(=O)CCc1cc(Cl)cc(C(N)=O)c1. The van der Waals surface area contributed by atoms with Crippen LogP contribution in [0.15, 0.2) is 48.5 Å². The third-order valence-electron chi connectivity index (χ3n) is 5.82. The molecule has 0 aromatic heterocycles. The molecule has 2 aromatic carbocycles. The molecule has 1 fully saturated rings. The predicted octanol–water partition coefficient (Wildman–Crippen LogP) is 4.03. The summed E-state index contributed by atoms with van der Waals surface area (Å²) in [4.78, 5) is 36.5. The lowest BCUT2D eigenvalue weighted by atomic mass is 9.96. The maximum absolute atomic E-state index is 12.6. The van der Waals surface area contributed by atoms with E-state index in [1.165, 1.54) is 11.6 Å². The van der Waals surface area contributed by atoms with E-state index in [2.05, 4.69) is 17.4 Å². The predicted molar refractivity (Wildman–Crippen MR) is 117 cm³/mol. The molecule has 30 heavy (non-hydrogen) atoms. The van der Waals surface area contributed by atoms with Gasteiger partial charge in [0.15, 0.2) is 5.78 Å². The Balaban J connectivity index is 1.50. The molecule has 0 aliphatic heterocycles. The highest BCUT2D eigenvalue weighted by Crippen LogP contribution is 2.38. The Labute approximate surface area is 182 Å². The fourth-order valence-corrected chi connectivity index (χ4v) is 4.34. The molecule has 0 radical (unpaired) electrons. The fraction of sp³-hybridized carbons (Fsp3) is 0.375. The van der Waals surface area contributed by atoms with Crippen molar-refractivity contribution in [3.05, 3.63) is 70.2 Å². The number of nitrogens with one attached hydrogen (secondary N) is 1. The number of halogens is 1. The maximum atomic E-state index is 12.6. The van der Waals surface area contributed by atoms with Crippen LogP contribution in [0.1, 0.15) is 60.0 Å². The van der Waals surface area contributed by atoms with Gasteiger partial charge in [-0.25, -0.2) is 0 Å². The van der Waals surface area contributed by atoms with E-state index >= 15 is 0 Å². The maximum Gasteiger partial charge on any atom is 0.248 e. The first-order chi connectivity index (χ1) is 14.3. The van der Waals surface area contributed by atoms with Crippen LogP contribution in [0.2, 0.25) is 5.02 Å². The van der Waals surface area contributed by atoms with Crippen molar-refractivity contribution in [1.82, 2.24) is 5.32 Å². The number of amides is 2. The van der Waals surface area contributed by atoms with Gasteiger partial charge in [-0.1, -0.05) is 41.9 Å². The van der Waals surface area contributed by atoms with Crippen molar-refractivity contribution < 1.29 is 14.4 Å². The Bertz CT molecular complexity index is 929. The molecule has 2 amide bonds. The van der Waals surface area contributed by atoms with Gasteiger partial charge >= 0.3 is 0 Å². The lowest BCUT2D eigenvalue weighted by molar-refractivity contribution is -0.129. The molecule has 2 aromatic rings. The second-order valence-electron chi connectivity index (χ2n) is 8.03. The topological polar surface area (TPSA) is 89.3 Å². The average molecular weight is 427 g/mol. The van der Waals surface area contributed by atoms with Gasteiger partial charge in [0, 0.05) is 22.9 Å². The molecule has 0 spiro atoms. The number of nitrogens with two attached hydrogens (primary N) is 1. The van der Waals surface area contributed by atoms with E-state index in [-0.39, 0.29) is 24.0 Å². The molecular formula is C24H27ClN2O3. The van der Waals surface area contributed by atoms with E-state index in [1.807, 2.05) is 18.2 Å². The standard InChI is InChI=1S/C24H27ClN2O3/c1-15(22(28)10-7-16-11-20(23(26)29)14-21(25)12-16)27-24(30)19-9-8-18(13-19)17-5-3-2-4-6-17/h2-6,11-12,14-15,18-19H,7-10,13H2,1H3,(H2,26,29)(H,27,30)/t15-,18+,19+/m0/s1. The summed E-state index contributed by atoms with van der Waals surface area (Å²) in [7, 11) is 0. The summed E-state index contributed by atoms with van der Waals surface area (Å²) in [6.45, 7) is 1.72. The Morgan fingerprint density at radius 2 is 1.87 bits per heavy atom. The van der Waals surface area contributed by atoms with Crippen LogP contribution in [-0.4, -0.2) is 23.6 Å². The first-order valence-corrected chi connectivity index (χ1v) is 10.7. The lowest BCUT2D eigenvalue weighted by Gasteiger charge is -2.17. The summed E-state index contributed by atoms with van der Waals surface area (Å²) >= 11 is 6.02. The smallest absolute Gasteiger partial charge is 0.248 e. The molecule has 5 nitrogen and oxygen atoms in total. The van der Waals surface area contributed by atoms with E-state index in [0.717, 1.165) is 24.8 Å². The van der Waals surface area contributed by atoms with Gasteiger partial charge in [0.2, 0.25) is 11.8 Å². The summed E-state index contributed by atoms with van der Waals surface area (Å²) in [5.41, 5.74) is 7.67. The van der Waals surface area contributed by atoms with E-state index in [0.29, 0.717) is 22.9 Å². The largest absolute Gasteiger partial charge is 0.366 e. The molecule has 1 aliphatic carbocycles. The molecule has 6 heteroatoms. The molecule has 158 valence electrons. The summed E-state index contributed by atoms with van der Waals surface area (Å²) in [5.74, 6) is -0.322. The highest BCUT2D eigenvalue weighted by Gasteiger charge is 2.31. The van der Waals surface area contributed by atoms with E-state index < -0.39 is 11.9 Å². The number of carbonyl (C=O) groups is 3. The summed E-state index contributed by atoms with van der Waals surface area (Å²) in [6, 6.07) is 14.6. The number of hydrogen-bond acceptors (Lipinski definition) is 3. The lowest BCUT2D eigenvalue weighted by Crippen LogP contribution is -2.41. The van der Waals surface area contributed by atoms with Gasteiger partial charge in [0.1, 0.15) is 0 Å². The summed E-state index contributed by atoms with van der Waals surface area (Å²) in [6.07, 6.45) is 3.32. The van der Waals surface area contributed by atoms with E-state index in [9.17, 15) is 14.4 Å². The molecule has 0 unspecified atom stereocenters. The Morgan fingerprint density at radius 3 is 2.57 bits per heavy atom. The second kappa shape index (κ2) is 9.90. The zero-order chi connectivity index (χ0) is 21.7. The number of benzene rings is 2. The van der Waals surface area contributed by atoms with Crippen molar-refractivity contribution in [1.29, 1.82) is 0 Å². The van der Waals surface area contributed by atoms with Crippen LogP contribution in [0.3, 0.4) is 0 Å². The number of primary amides is 1. The van der Waals surface area contributed by atoms with Crippen LogP contribution in [0, 0.1) is 5.92 Å². The van der Waals surface area contributed by atoms with Crippen molar-refractivity contribution in [2.24, 2.45) is 11.7 Å².